The molecule has 0 fully saturated rings. The molecule has 12 heteroatoms. The van der Waals surface area contributed by atoms with Crippen LogP contribution in [0.15, 0.2) is 29.2 Å². The Labute approximate surface area is 158 Å². The SMILES string of the molecule is O=[N+]([O-])c1ccccc1S(=O)(=O)NCCn1nc(C(F)(F)F)c2c1CCCC2. The van der Waals surface area contributed by atoms with Crippen molar-refractivity contribution in [2.45, 2.75) is 43.3 Å². The molecule has 0 bridgehead atoms. The quantitative estimate of drug-likeness (QED) is 0.573. The topological polar surface area (TPSA) is 107 Å². The summed E-state index contributed by atoms with van der Waals surface area (Å²) in [5.41, 5.74) is -0.877. The van der Waals surface area contributed by atoms with Gasteiger partial charge < -0.3 is 0 Å². The second kappa shape index (κ2) is 7.51. The Morgan fingerprint density at radius 2 is 1.89 bits per heavy atom. The van der Waals surface area contributed by atoms with E-state index in [1.165, 1.54) is 16.8 Å². The van der Waals surface area contributed by atoms with Crippen LogP contribution in [0.4, 0.5) is 18.9 Å². The van der Waals surface area contributed by atoms with Crippen LogP contribution < -0.4 is 4.72 Å². The number of hydrogen-bond donors (Lipinski definition) is 1. The zero-order valence-electron chi connectivity index (χ0n) is 14.6. The van der Waals surface area contributed by atoms with Crippen molar-refractivity contribution in [3.63, 3.8) is 0 Å². The molecule has 0 atom stereocenters. The average Bonchev–Trinajstić information content (AvgIpc) is 3.01. The van der Waals surface area contributed by atoms with Gasteiger partial charge in [0.1, 0.15) is 0 Å². The Hall–Kier alpha value is -2.47. The van der Waals surface area contributed by atoms with Crippen LogP contribution in [-0.4, -0.2) is 29.7 Å². The molecule has 1 heterocycles. The molecule has 8 nitrogen and oxygen atoms in total. The number of para-hydroxylation sites is 1. The third-order valence-electron chi connectivity index (χ3n) is 4.49. The molecule has 0 saturated carbocycles. The highest BCUT2D eigenvalue weighted by atomic mass is 32.2. The van der Waals surface area contributed by atoms with Crippen LogP contribution in [0.2, 0.25) is 0 Å². The molecule has 1 aliphatic rings. The van der Waals surface area contributed by atoms with Gasteiger partial charge in [0, 0.05) is 23.9 Å². The number of nitrogens with zero attached hydrogens (tertiary/aromatic N) is 3. The number of nitrogens with one attached hydrogen (secondary N) is 1. The molecule has 0 saturated heterocycles. The molecule has 0 radical (unpaired) electrons. The van der Waals surface area contributed by atoms with Crippen LogP contribution >= 0.6 is 0 Å². The molecule has 1 aromatic carbocycles. The second-order valence-electron chi connectivity index (χ2n) is 6.32. The van der Waals surface area contributed by atoms with Crippen LogP contribution in [-0.2, 0) is 35.6 Å². The molecule has 3 rings (SSSR count). The Balaban J connectivity index is 1.79. The fraction of sp³-hybridized carbons (Fsp3) is 0.438. The van der Waals surface area contributed by atoms with Crippen molar-refractivity contribution in [3.05, 3.63) is 51.3 Å². The lowest BCUT2D eigenvalue weighted by Gasteiger charge is -2.15. The van der Waals surface area contributed by atoms with Gasteiger partial charge in [-0.3, -0.25) is 14.8 Å². The molecule has 152 valence electrons. The summed E-state index contributed by atoms with van der Waals surface area (Å²) in [4.78, 5) is 9.70. The van der Waals surface area contributed by atoms with Gasteiger partial charge in [0.15, 0.2) is 10.6 Å². The van der Waals surface area contributed by atoms with Crippen molar-refractivity contribution >= 4 is 15.7 Å². The summed E-state index contributed by atoms with van der Waals surface area (Å²) < 4.78 is 67.7. The van der Waals surface area contributed by atoms with Gasteiger partial charge in [0.25, 0.3) is 5.69 Å². The lowest BCUT2D eigenvalue weighted by atomic mass is 9.95. The van der Waals surface area contributed by atoms with Crippen LogP contribution in [0.3, 0.4) is 0 Å². The minimum absolute atomic E-state index is 0.113. The number of hydrogen-bond acceptors (Lipinski definition) is 5. The van der Waals surface area contributed by atoms with Gasteiger partial charge in [-0.1, -0.05) is 12.1 Å². The Morgan fingerprint density at radius 3 is 2.57 bits per heavy atom. The minimum Gasteiger partial charge on any atom is -0.267 e. The smallest absolute Gasteiger partial charge is 0.267 e. The zero-order valence-corrected chi connectivity index (χ0v) is 15.4. The average molecular weight is 418 g/mol. The monoisotopic (exact) mass is 418 g/mol. The summed E-state index contributed by atoms with van der Waals surface area (Å²) in [6, 6.07) is 4.85. The summed E-state index contributed by atoms with van der Waals surface area (Å²) in [5.74, 6) is 0. The maximum atomic E-state index is 13.2. The van der Waals surface area contributed by atoms with Crippen LogP contribution in [0, 0.1) is 10.1 Å². The number of aromatic nitrogens is 2. The number of halogens is 3. The first-order valence-electron chi connectivity index (χ1n) is 8.50. The van der Waals surface area contributed by atoms with Crippen molar-refractivity contribution in [2.75, 3.05) is 6.54 Å². The molecular weight excluding hydrogens is 401 g/mol. The Bertz CT molecular complexity index is 1000. The molecular formula is C16H17F3N4O4S. The number of fused-ring (bicyclic) bond motifs is 1. The summed E-state index contributed by atoms with van der Waals surface area (Å²) in [5, 5.41) is 14.7. The van der Waals surface area contributed by atoms with Crippen LogP contribution in [0.1, 0.15) is 29.8 Å². The number of nitro benzene ring substituents is 1. The first-order valence-corrected chi connectivity index (χ1v) is 9.98. The number of alkyl halides is 3. The predicted molar refractivity (Wildman–Crippen MR) is 92.2 cm³/mol. The fourth-order valence-corrected chi connectivity index (χ4v) is 4.47. The first kappa shape index (κ1) is 20.3. The highest BCUT2D eigenvalue weighted by molar-refractivity contribution is 7.89. The van der Waals surface area contributed by atoms with E-state index in [1.807, 2.05) is 0 Å². The van der Waals surface area contributed by atoms with Crippen molar-refractivity contribution in [1.29, 1.82) is 0 Å². The molecule has 2 aromatic rings. The third kappa shape index (κ3) is 4.02. The number of rotatable bonds is 6. The van der Waals surface area contributed by atoms with Crippen LogP contribution in [0.25, 0.3) is 0 Å². The van der Waals surface area contributed by atoms with E-state index in [0.29, 0.717) is 18.5 Å². The molecule has 28 heavy (non-hydrogen) atoms. The van der Waals surface area contributed by atoms with E-state index in [2.05, 4.69) is 9.82 Å². The van der Waals surface area contributed by atoms with E-state index < -0.39 is 37.4 Å². The number of benzene rings is 1. The van der Waals surface area contributed by atoms with Crippen molar-refractivity contribution in [3.8, 4) is 0 Å². The lowest BCUT2D eigenvalue weighted by Crippen LogP contribution is -2.29. The van der Waals surface area contributed by atoms with Crippen LogP contribution in [0.5, 0.6) is 0 Å². The van der Waals surface area contributed by atoms with Gasteiger partial charge in [-0.25, -0.2) is 13.1 Å². The lowest BCUT2D eigenvalue weighted by molar-refractivity contribution is -0.387. The fourth-order valence-electron chi connectivity index (χ4n) is 3.28. The van der Waals surface area contributed by atoms with Gasteiger partial charge in [0.05, 0.1) is 11.5 Å². The highest BCUT2D eigenvalue weighted by Gasteiger charge is 2.39. The largest absolute Gasteiger partial charge is 0.435 e. The summed E-state index contributed by atoms with van der Waals surface area (Å²) in [6.07, 6.45) is -2.47. The minimum atomic E-state index is -4.57. The van der Waals surface area contributed by atoms with Gasteiger partial charge in [0.2, 0.25) is 10.0 Å². The van der Waals surface area contributed by atoms with E-state index in [0.717, 1.165) is 18.6 Å². The van der Waals surface area contributed by atoms with Crippen molar-refractivity contribution in [2.24, 2.45) is 0 Å². The highest BCUT2D eigenvalue weighted by Crippen LogP contribution is 2.35. The third-order valence-corrected chi connectivity index (χ3v) is 6.00. The van der Waals surface area contributed by atoms with Gasteiger partial charge >= 0.3 is 6.18 Å². The van der Waals surface area contributed by atoms with Gasteiger partial charge in [-0.05, 0) is 31.7 Å². The molecule has 0 unspecified atom stereocenters. The summed E-state index contributed by atoms with van der Waals surface area (Å²) in [7, 11) is -4.20. The van der Waals surface area contributed by atoms with E-state index in [-0.39, 0.29) is 25.1 Å². The van der Waals surface area contributed by atoms with E-state index in [1.54, 1.807) is 0 Å². The first-order chi connectivity index (χ1) is 13.1. The standard InChI is InChI=1S/C16H17F3N4O4S/c17-16(18,19)15-11-5-1-2-6-12(11)22(21-15)10-9-20-28(26,27)14-8-4-3-7-13(14)23(24)25/h3-4,7-8,20H,1-2,5-6,9-10H2. The number of nitro groups is 1. The molecule has 1 N–H and O–H groups in total. The maximum absolute atomic E-state index is 13.2. The molecule has 0 aliphatic heterocycles. The summed E-state index contributed by atoms with van der Waals surface area (Å²) >= 11 is 0. The molecule has 1 aliphatic carbocycles. The van der Waals surface area contributed by atoms with E-state index in [9.17, 15) is 31.7 Å². The van der Waals surface area contributed by atoms with Gasteiger partial charge in [-0.2, -0.15) is 18.3 Å². The number of sulfonamides is 1. The van der Waals surface area contributed by atoms with E-state index >= 15 is 0 Å². The zero-order chi connectivity index (χ0) is 20.5. The predicted octanol–water partition coefficient (Wildman–Crippen LogP) is 2.67. The molecule has 0 spiro atoms. The maximum Gasteiger partial charge on any atom is 0.435 e. The molecule has 1 aromatic heterocycles. The second-order valence-corrected chi connectivity index (χ2v) is 8.06. The normalized spacial score (nSPS) is 14.7. The Kier molecular flexibility index (Phi) is 5.44. The van der Waals surface area contributed by atoms with Crippen molar-refractivity contribution < 1.29 is 26.5 Å². The van der Waals surface area contributed by atoms with Crippen molar-refractivity contribution in [1.82, 2.24) is 14.5 Å². The van der Waals surface area contributed by atoms with E-state index in [4.69, 9.17) is 0 Å². The Morgan fingerprint density at radius 1 is 1.21 bits per heavy atom. The van der Waals surface area contributed by atoms with Gasteiger partial charge in [-0.15, -0.1) is 0 Å². The summed E-state index contributed by atoms with van der Waals surface area (Å²) in [6.45, 7) is -0.363. The molecule has 0 amide bonds.